The molecule has 0 aliphatic rings. The van der Waals surface area contributed by atoms with Crippen LogP contribution in [0.25, 0.3) is 0 Å². The van der Waals surface area contributed by atoms with E-state index in [4.69, 9.17) is 6.42 Å². The minimum Gasteiger partial charge on any atom is -0.312 e. The minimum atomic E-state index is 0.185. The Labute approximate surface area is 106 Å². The van der Waals surface area contributed by atoms with Gasteiger partial charge < -0.3 is 5.32 Å². The van der Waals surface area contributed by atoms with Crippen LogP contribution in [-0.2, 0) is 6.42 Å². The zero-order chi connectivity index (χ0) is 12.6. The first-order valence-corrected chi connectivity index (χ1v) is 6.36. The molecule has 0 heterocycles. The van der Waals surface area contributed by atoms with E-state index in [9.17, 15) is 0 Å². The molecule has 0 fully saturated rings. The Hall–Kier alpha value is -1.26. The van der Waals surface area contributed by atoms with Gasteiger partial charge in [-0.2, -0.15) is 0 Å². The zero-order valence-electron chi connectivity index (χ0n) is 11.0. The topological polar surface area (TPSA) is 12.0 Å². The number of rotatable bonds is 7. The molecule has 1 aromatic rings. The summed E-state index contributed by atoms with van der Waals surface area (Å²) < 4.78 is 0. The number of unbranched alkanes of at least 4 members (excludes halogenated alkanes) is 1. The Morgan fingerprint density at radius 2 is 1.94 bits per heavy atom. The summed E-state index contributed by atoms with van der Waals surface area (Å²) in [6.45, 7) is 5.52. The van der Waals surface area contributed by atoms with Crippen molar-refractivity contribution in [2.45, 2.75) is 45.1 Å². The molecule has 0 bridgehead atoms. The van der Waals surface area contributed by atoms with Crippen LogP contribution >= 0.6 is 0 Å². The van der Waals surface area contributed by atoms with E-state index in [1.807, 2.05) is 0 Å². The smallest absolute Gasteiger partial charge is 0.0128 e. The molecule has 0 radical (unpaired) electrons. The van der Waals surface area contributed by atoms with Gasteiger partial charge in [0.1, 0.15) is 0 Å². The van der Waals surface area contributed by atoms with Crippen LogP contribution in [0.5, 0.6) is 0 Å². The molecule has 0 aliphatic heterocycles. The number of hydrogen-bond acceptors (Lipinski definition) is 1. The van der Waals surface area contributed by atoms with Gasteiger partial charge in [0.15, 0.2) is 0 Å². The predicted octanol–water partition coefficient (Wildman–Crippen LogP) is 3.40. The molecule has 1 rings (SSSR count). The molecule has 1 heteroatoms. The van der Waals surface area contributed by atoms with Gasteiger partial charge in [-0.3, -0.25) is 0 Å². The highest BCUT2D eigenvalue weighted by Crippen LogP contribution is 2.13. The maximum Gasteiger partial charge on any atom is 0.0128 e. The van der Waals surface area contributed by atoms with E-state index in [0.29, 0.717) is 0 Å². The second-order valence-corrected chi connectivity index (χ2v) is 5.10. The second kappa shape index (κ2) is 7.14. The van der Waals surface area contributed by atoms with Crippen LogP contribution in [0.2, 0.25) is 0 Å². The predicted molar refractivity (Wildman–Crippen MR) is 74.9 cm³/mol. The average Bonchev–Trinajstić information content (AvgIpc) is 2.34. The van der Waals surface area contributed by atoms with Gasteiger partial charge >= 0.3 is 0 Å². The van der Waals surface area contributed by atoms with E-state index in [1.54, 1.807) is 0 Å². The molecule has 0 spiro atoms. The molecule has 92 valence electrons. The first-order valence-electron chi connectivity index (χ1n) is 6.36. The van der Waals surface area contributed by atoms with Crippen LogP contribution in [0.1, 0.15) is 38.7 Å². The highest BCUT2D eigenvalue weighted by molar-refractivity contribution is 5.15. The van der Waals surface area contributed by atoms with Crippen LogP contribution in [0.15, 0.2) is 30.3 Å². The Morgan fingerprint density at radius 1 is 1.24 bits per heavy atom. The summed E-state index contributed by atoms with van der Waals surface area (Å²) in [5, 5.41) is 3.57. The van der Waals surface area contributed by atoms with Crippen molar-refractivity contribution >= 4 is 0 Å². The summed E-state index contributed by atoms with van der Waals surface area (Å²) in [7, 11) is 0. The Kier molecular flexibility index (Phi) is 5.80. The largest absolute Gasteiger partial charge is 0.312 e. The van der Waals surface area contributed by atoms with E-state index >= 15 is 0 Å². The van der Waals surface area contributed by atoms with Gasteiger partial charge in [-0.25, -0.2) is 0 Å². The number of aryl methyl sites for hydroxylation is 1. The number of nitrogens with one attached hydrogen (secondary N) is 1. The van der Waals surface area contributed by atoms with Crippen molar-refractivity contribution in [2.75, 3.05) is 6.54 Å². The van der Waals surface area contributed by atoms with E-state index < -0.39 is 0 Å². The van der Waals surface area contributed by atoms with Crippen molar-refractivity contribution < 1.29 is 0 Å². The highest BCUT2D eigenvalue weighted by atomic mass is 14.9. The van der Waals surface area contributed by atoms with Crippen LogP contribution < -0.4 is 5.32 Å². The number of hydrogen-bond donors (Lipinski definition) is 1. The van der Waals surface area contributed by atoms with Crippen molar-refractivity contribution in [3.05, 3.63) is 35.9 Å². The summed E-state index contributed by atoms with van der Waals surface area (Å²) in [6.07, 6.45) is 9.43. The maximum absolute atomic E-state index is 5.24. The first kappa shape index (κ1) is 13.8. The van der Waals surface area contributed by atoms with Crippen molar-refractivity contribution in [3.8, 4) is 12.3 Å². The van der Waals surface area contributed by atoms with Gasteiger partial charge in [0.2, 0.25) is 0 Å². The summed E-state index contributed by atoms with van der Waals surface area (Å²) >= 11 is 0. The standard InChI is InChI=1S/C16H23N/c1-4-5-9-14-17-16(2,3)13-12-15-10-7-6-8-11-15/h1,6-8,10-11,17H,5,9,12-14H2,2-3H3. The molecule has 0 saturated carbocycles. The van der Waals surface area contributed by atoms with Crippen molar-refractivity contribution in [3.63, 3.8) is 0 Å². The summed E-state index contributed by atoms with van der Waals surface area (Å²) in [5.74, 6) is 2.67. The summed E-state index contributed by atoms with van der Waals surface area (Å²) in [5.41, 5.74) is 1.59. The lowest BCUT2D eigenvalue weighted by atomic mass is 9.95. The monoisotopic (exact) mass is 229 g/mol. The fourth-order valence-corrected chi connectivity index (χ4v) is 1.81. The molecular weight excluding hydrogens is 206 g/mol. The van der Waals surface area contributed by atoms with Gasteiger partial charge in [0, 0.05) is 12.0 Å². The van der Waals surface area contributed by atoms with Crippen LogP contribution in [-0.4, -0.2) is 12.1 Å². The molecular formula is C16H23N. The quantitative estimate of drug-likeness (QED) is 0.558. The molecule has 1 nitrogen and oxygen atoms in total. The molecule has 0 aliphatic carbocycles. The van der Waals surface area contributed by atoms with E-state index in [2.05, 4.69) is 55.4 Å². The lowest BCUT2D eigenvalue weighted by Gasteiger charge is -2.26. The lowest BCUT2D eigenvalue weighted by Crippen LogP contribution is -2.40. The van der Waals surface area contributed by atoms with E-state index in [0.717, 1.165) is 32.2 Å². The van der Waals surface area contributed by atoms with E-state index in [1.165, 1.54) is 5.56 Å². The SMILES string of the molecule is C#CCCCNC(C)(C)CCc1ccccc1. The first-order chi connectivity index (χ1) is 8.14. The molecule has 0 saturated heterocycles. The van der Waals surface area contributed by atoms with Crippen molar-refractivity contribution in [2.24, 2.45) is 0 Å². The minimum absolute atomic E-state index is 0.185. The normalized spacial score (nSPS) is 11.1. The number of terminal acetylenes is 1. The third-order valence-electron chi connectivity index (χ3n) is 2.98. The summed E-state index contributed by atoms with van der Waals surface area (Å²) in [6, 6.07) is 10.6. The van der Waals surface area contributed by atoms with Gasteiger partial charge in [-0.05, 0) is 45.2 Å². The van der Waals surface area contributed by atoms with Gasteiger partial charge in [0.25, 0.3) is 0 Å². The molecule has 1 aromatic carbocycles. The summed E-state index contributed by atoms with van der Waals surface area (Å²) in [4.78, 5) is 0. The zero-order valence-corrected chi connectivity index (χ0v) is 11.0. The van der Waals surface area contributed by atoms with Crippen molar-refractivity contribution in [1.29, 1.82) is 0 Å². The van der Waals surface area contributed by atoms with Crippen LogP contribution in [0.4, 0.5) is 0 Å². The Morgan fingerprint density at radius 3 is 2.59 bits per heavy atom. The third-order valence-corrected chi connectivity index (χ3v) is 2.98. The molecule has 1 N–H and O–H groups in total. The molecule has 0 aromatic heterocycles. The fourth-order valence-electron chi connectivity index (χ4n) is 1.81. The van der Waals surface area contributed by atoms with Gasteiger partial charge in [-0.1, -0.05) is 30.3 Å². The Bertz CT molecular complexity index is 346. The van der Waals surface area contributed by atoms with Crippen LogP contribution in [0, 0.1) is 12.3 Å². The highest BCUT2D eigenvalue weighted by Gasteiger charge is 2.15. The molecule has 17 heavy (non-hydrogen) atoms. The van der Waals surface area contributed by atoms with Gasteiger partial charge in [-0.15, -0.1) is 12.3 Å². The van der Waals surface area contributed by atoms with Crippen molar-refractivity contribution in [1.82, 2.24) is 5.32 Å². The maximum atomic E-state index is 5.24. The van der Waals surface area contributed by atoms with E-state index in [-0.39, 0.29) is 5.54 Å². The number of benzene rings is 1. The second-order valence-electron chi connectivity index (χ2n) is 5.10. The average molecular weight is 229 g/mol. The molecule has 0 amide bonds. The molecule has 0 atom stereocenters. The Balaban J connectivity index is 2.27. The lowest BCUT2D eigenvalue weighted by molar-refractivity contribution is 0.361. The van der Waals surface area contributed by atoms with Gasteiger partial charge in [0.05, 0.1) is 0 Å². The molecule has 0 unspecified atom stereocenters. The fraction of sp³-hybridized carbons (Fsp3) is 0.500. The van der Waals surface area contributed by atoms with Crippen LogP contribution in [0.3, 0.4) is 0 Å². The third kappa shape index (κ3) is 6.14.